The summed E-state index contributed by atoms with van der Waals surface area (Å²) in [6.45, 7) is 4.19. The van der Waals surface area contributed by atoms with Crippen LogP contribution in [-0.2, 0) is 32.7 Å². The Morgan fingerprint density at radius 3 is 1.62 bits per heavy atom. The standard InChI is InChI=1S/C43H76NO8P/c1-6-8-10-12-14-16-18-19-20-21-22-23-24-25-26-28-30-32-34-36-43(46)52-41(40-51-53(47,48)50-38-37-44(3,4)5)39-49-42(45)35-33-31-29-27-17-15-13-11-9-7-2/h8,10-11,13-14,16,19-20,22-23,41H,6-7,9,12,15,17-18,21,24-40H2,1-5H3/p+1/b10-8-,13-11-,16-14-,20-19-,23-22-. The van der Waals surface area contributed by atoms with E-state index in [9.17, 15) is 19.0 Å². The number of phosphoric acid groups is 1. The average Bonchev–Trinajstić information content (AvgIpc) is 3.10. The second kappa shape index (κ2) is 35.4. The number of nitrogens with zero attached hydrogens (tertiary/aromatic N) is 1. The number of esters is 2. The monoisotopic (exact) mass is 767 g/mol. The summed E-state index contributed by atoms with van der Waals surface area (Å²) in [5.74, 6) is -0.834. The van der Waals surface area contributed by atoms with Gasteiger partial charge in [0, 0.05) is 12.8 Å². The molecule has 2 unspecified atom stereocenters. The van der Waals surface area contributed by atoms with Crippen LogP contribution in [0.5, 0.6) is 0 Å². The third-order valence-electron chi connectivity index (χ3n) is 8.26. The summed E-state index contributed by atoms with van der Waals surface area (Å²) in [5, 5.41) is 0. The summed E-state index contributed by atoms with van der Waals surface area (Å²) in [7, 11) is 1.45. The number of hydrogen-bond acceptors (Lipinski definition) is 7. The zero-order valence-corrected chi connectivity index (χ0v) is 35.1. The Labute approximate surface area is 324 Å². The molecule has 0 amide bonds. The fourth-order valence-electron chi connectivity index (χ4n) is 5.06. The fourth-order valence-corrected chi connectivity index (χ4v) is 5.81. The van der Waals surface area contributed by atoms with Crippen molar-refractivity contribution in [3.63, 3.8) is 0 Å². The van der Waals surface area contributed by atoms with Crippen LogP contribution >= 0.6 is 7.82 Å². The first-order valence-corrected chi connectivity index (χ1v) is 22.0. The third-order valence-corrected chi connectivity index (χ3v) is 9.25. The van der Waals surface area contributed by atoms with Crippen LogP contribution < -0.4 is 0 Å². The normalized spacial score (nSPS) is 14.3. The Morgan fingerprint density at radius 2 is 1.08 bits per heavy atom. The van der Waals surface area contributed by atoms with Gasteiger partial charge in [-0.15, -0.1) is 0 Å². The van der Waals surface area contributed by atoms with E-state index >= 15 is 0 Å². The molecule has 0 rings (SSSR count). The lowest BCUT2D eigenvalue weighted by molar-refractivity contribution is -0.870. The van der Waals surface area contributed by atoms with Crippen LogP contribution in [0.3, 0.4) is 0 Å². The molecular weight excluding hydrogens is 689 g/mol. The predicted molar refractivity (Wildman–Crippen MR) is 219 cm³/mol. The molecule has 10 heteroatoms. The van der Waals surface area contributed by atoms with Crippen molar-refractivity contribution in [3.05, 3.63) is 60.8 Å². The van der Waals surface area contributed by atoms with Crippen LogP contribution in [0.25, 0.3) is 0 Å². The maximum absolute atomic E-state index is 12.7. The predicted octanol–water partition coefficient (Wildman–Crippen LogP) is 11.3. The van der Waals surface area contributed by atoms with E-state index in [1.165, 1.54) is 6.42 Å². The van der Waals surface area contributed by atoms with Crippen molar-refractivity contribution in [1.29, 1.82) is 0 Å². The van der Waals surface area contributed by atoms with Gasteiger partial charge in [0.1, 0.15) is 19.8 Å². The lowest BCUT2D eigenvalue weighted by atomic mass is 10.1. The fraction of sp³-hybridized carbons (Fsp3) is 0.721. The van der Waals surface area contributed by atoms with E-state index in [4.69, 9.17) is 18.5 Å². The molecule has 0 aromatic heterocycles. The number of hydrogen-bond donors (Lipinski definition) is 1. The molecule has 1 N–H and O–H groups in total. The smallest absolute Gasteiger partial charge is 0.462 e. The number of rotatable bonds is 36. The van der Waals surface area contributed by atoms with Crippen molar-refractivity contribution in [2.45, 2.75) is 155 Å². The molecule has 2 atom stereocenters. The van der Waals surface area contributed by atoms with Gasteiger partial charge in [0.2, 0.25) is 0 Å². The van der Waals surface area contributed by atoms with Gasteiger partial charge in [-0.1, -0.05) is 126 Å². The number of phosphoric ester groups is 1. The number of carbonyl (C=O) groups is 2. The number of carbonyl (C=O) groups excluding carboxylic acids is 2. The molecule has 0 fully saturated rings. The van der Waals surface area contributed by atoms with E-state index in [0.29, 0.717) is 17.4 Å². The van der Waals surface area contributed by atoms with Crippen molar-refractivity contribution >= 4 is 19.8 Å². The quantitative estimate of drug-likeness (QED) is 0.0221. The molecule has 0 bridgehead atoms. The Kier molecular flexibility index (Phi) is 33.9. The molecule has 0 aliphatic rings. The maximum atomic E-state index is 12.7. The van der Waals surface area contributed by atoms with Crippen LogP contribution in [-0.4, -0.2) is 74.9 Å². The molecule has 0 spiro atoms. The van der Waals surface area contributed by atoms with Gasteiger partial charge in [0.05, 0.1) is 27.7 Å². The van der Waals surface area contributed by atoms with Gasteiger partial charge in [-0.2, -0.15) is 0 Å². The van der Waals surface area contributed by atoms with Gasteiger partial charge in [0.15, 0.2) is 6.10 Å². The first-order chi connectivity index (χ1) is 25.5. The Hall–Kier alpha value is -2.29. The molecule has 0 saturated heterocycles. The van der Waals surface area contributed by atoms with Crippen LogP contribution in [0.1, 0.15) is 149 Å². The van der Waals surface area contributed by atoms with Crippen LogP contribution in [0.4, 0.5) is 0 Å². The Bertz CT molecular complexity index is 1090. The number of ether oxygens (including phenoxy) is 2. The minimum Gasteiger partial charge on any atom is -0.462 e. The van der Waals surface area contributed by atoms with E-state index in [-0.39, 0.29) is 32.0 Å². The number of quaternary nitrogens is 1. The second-order valence-electron chi connectivity index (χ2n) is 14.6. The minimum atomic E-state index is -4.38. The summed E-state index contributed by atoms with van der Waals surface area (Å²) in [4.78, 5) is 35.2. The highest BCUT2D eigenvalue weighted by Crippen LogP contribution is 2.43. The second-order valence-corrected chi connectivity index (χ2v) is 16.1. The van der Waals surface area contributed by atoms with E-state index in [1.807, 2.05) is 21.1 Å². The molecule has 0 aromatic carbocycles. The minimum absolute atomic E-state index is 0.0245. The van der Waals surface area contributed by atoms with Crippen molar-refractivity contribution < 1.29 is 42.1 Å². The molecular formula is C43H77NO8P+. The lowest BCUT2D eigenvalue weighted by Gasteiger charge is -2.24. The third kappa shape index (κ3) is 39.2. The highest BCUT2D eigenvalue weighted by Gasteiger charge is 2.27. The average molecular weight is 767 g/mol. The molecule has 53 heavy (non-hydrogen) atoms. The van der Waals surface area contributed by atoms with Gasteiger partial charge in [0.25, 0.3) is 0 Å². The first kappa shape index (κ1) is 50.7. The molecule has 306 valence electrons. The zero-order valence-electron chi connectivity index (χ0n) is 34.2. The lowest BCUT2D eigenvalue weighted by Crippen LogP contribution is -2.37. The highest BCUT2D eigenvalue weighted by atomic mass is 31.2. The number of likely N-dealkylation sites (N-methyl/N-ethyl adjacent to an activating group) is 1. The van der Waals surface area contributed by atoms with Gasteiger partial charge < -0.3 is 18.9 Å². The van der Waals surface area contributed by atoms with Gasteiger partial charge in [-0.05, 0) is 70.6 Å². The number of unbranched alkanes of at least 4 members (excludes halogenated alkanes) is 12. The molecule has 0 heterocycles. The number of allylic oxidation sites excluding steroid dienone is 10. The van der Waals surface area contributed by atoms with Crippen molar-refractivity contribution in [2.24, 2.45) is 0 Å². The summed E-state index contributed by atoms with van der Waals surface area (Å²) >= 11 is 0. The Morgan fingerprint density at radius 1 is 0.604 bits per heavy atom. The summed E-state index contributed by atoms with van der Waals surface area (Å²) < 4.78 is 34.2. The van der Waals surface area contributed by atoms with Gasteiger partial charge in [-0.25, -0.2) is 4.57 Å². The van der Waals surface area contributed by atoms with Crippen molar-refractivity contribution in [3.8, 4) is 0 Å². The van der Waals surface area contributed by atoms with Crippen molar-refractivity contribution in [2.75, 3.05) is 47.5 Å². The molecule has 0 aliphatic carbocycles. The first-order valence-electron chi connectivity index (χ1n) is 20.5. The SMILES string of the molecule is CC/C=C\C/C=C\C/C=C\C/C=C\CCCCCCCCC(=O)OC(COC(=O)CCCCCCC/C=C\CCC)COP(=O)(O)OCC[N+](C)(C)C. The van der Waals surface area contributed by atoms with Crippen molar-refractivity contribution in [1.82, 2.24) is 0 Å². The summed E-state index contributed by atoms with van der Waals surface area (Å²) in [6.07, 6.45) is 41.3. The molecule has 0 aliphatic heterocycles. The zero-order chi connectivity index (χ0) is 39.3. The summed E-state index contributed by atoms with van der Waals surface area (Å²) in [5.41, 5.74) is 0. The highest BCUT2D eigenvalue weighted by molar-refractivity contribution is 7.47. The Balaban J connectivity index is 4.41. The van der Waals surface area contributed by atoms with E-state index in [2.05, 4.69) is 74.6 Å². The van der Waals surface area contributed by atoms with E-state index < -0.39 is 26.5 Å². The maximum Gasteiger partial charge on any atom is 0.472 e. The van der Waals surface area contributed by atoms with Gasteiger partial charge >= 0.3 is 19.8 Å². The topological polar surface area (TPSA) is 108 Å². The van der Waals surface area contributed by atoms with Crippen LogP contribution in [0.2, 0.25) is 0 Å². The van der Waals surface area contributed by atoms with Crippen LogP contribution in [0.15, 0.2) is 60.8 Å². The van der Waals surface area contributed by atoms with Gasteiger partial charge in [-0.3, -0.25) is 18.6 Å². The van der Waals surface area contributed by atoms with Crippen LogP contribution in [0, 0.1) is 0 Å². The van der Waals surface area contributed by atoms with E-state index in [1.54, 1.807) is 0 Å². The molecule has 9 nitrogen and oxygen atoms in total. The molecule has 0 saturated carbocycles. The van der Waals surface area contributed by atoms with E-state index in [0.717, 1.165) is 109 Å². The molecule has 0 aromatic rings. The largest absolute Gasteiger partial charge is 0.472 e. The molecule has 0 radical (unpaired) electrons. The summed E-state index contributed by atoms with van der Waals surface area (Å²) in [6, 6.07) is 0.